The highest BCUT2D eigenvalue weighted by molar-refractivity contribution is 7.22. The van der Waals surface area contributed by atoms with Crippen molar-refractivity contribution in [3.63, 3.8) is 0 Å². The van der Waals surface area contributed by atoms with E-state index in [2.05, 4.69) is 22.5 Å². The van der Waals surface area contributed by atoms with E-state index < -0.39 is 6.04 Å². The Kier molecular flexibility index (Phi) is 10.3. The number of hydrogen-bond donors (Lipinski definition) is 3. The number of hydrazine groups is 1. The zero-order valence-corrected chi connectivity index (χ0v) is 24.1. The van der Waals surface area contributed by atoms with Gasteiger partial charge in [0.25, 0.3) is 0 Å². The zero-order chi connectivity index (χ0) is 28.5. The predicted octanol–water partition coefficient (Wildman–Crippen LogP) is 3.39. The smallest absolute Gasteiger partial charge is 0.331 e. The summed E-state index contributed by atoms with van der Waals surface area (Å²) in [6, 6.07) is 14.5. The molecule has 1 aliphatic heterocycles. The lowest BCUT2D eigenvalue weighted by atomic mass is 10.0. The number of nitrogens with one attached hydrogen (secondary N) is 2. The number of nitrogens with two attached hydrogens (primary N) is 1. The highest BCUT2D eigenvalue weighted by Crippen LogP contribution is 2.27. The first-order valence-corrected chi connectivity index (χ1v) is 14.8. The van der Waals surface area contributed by atoms with Crippen molar-refractivity contribution in [3.8, 4) is 0 Å². The van der Waals surface area contributed by atoms with E-state index >= 15 is 0 Å². The van der Waals surface area contributed by atoms with Gasteiger partial charge in [0.1, 0.15) is 6.04 Å². The number of aromatic nitrogens is 1. The summed E-state index contributed by atoms with van der Waals surface area (Å²) in [5, 5.41) is 9.78. The number of fused-ring (bicyclic) bond motifs is 1. The lowest BCUT2D eigenvalue weighted by Crippen LogP contribution is -2.55. The Morgan fingerprint density at radius 2 is 1.93 bits per heavy atom. The largest absolute Gasteiger partial charge is 0.375 e. The Balaban J connectivity index is 1.63. The first kappa shape index (κ1) is 29.3. The number of rotatable bonds is 10. The summed E-state index contributed by atoms with van der Waals surface area (Å²) in [6.07, 6.45) is 2.94. The van der Waals surface area contributed by atoms with Crippen LogP contribution < -0.4 is 16.4 Å². The number of nitrogen functional groups attached to an aromatic ring is 1. The van der Waals surface area contributed by atoms with Gasteiger partial charge in [-0.25, -0.2) is 14.8 Å². The van der Waals surface area contributed by atoms with Crippen LogP contribution in [0.25, 0.3) is 10.2 Å². The molecule has 1 aromatic heterocycles. The van der Waals surface area contributed by atoms with Crippen LogP contribution in [0.5, 0.6) is 0 Å². The molecule has 2 aromatic carbocycles. The van der Waals surface area contributed by atoms with Crippen LogP contribution in [0.3, 0.4) is 0 Å². The lowest BCUT2D eigenvalue weighted by Gasteiger charge is -2.35. The normalized spacial score (nSPS) is 16.8. The van der Waals surface area contributed by atoms with E-state index in [0.717, 1.165) is 40.6 Å². The Bertz CT molecular complexity index is 1300. The van der Waals surface area contributed by atoms with Crippen LogP contribution >= 0.6 is 11.3 Å². The first-order valence-electron chi connectivity index (χ1n) is 14.0. The predicted molar refractivity (Wildman–Crippen MR) is 158 cm³/mol. The van der Waals surface area contributed by atoms with E-state index in [9.17, 15) is 14.4 Å². The third-order valence-electron chi connectivity index (χ3n) is 6.88. The highest BCUT2D eigenvalue weighted by Gasteiger charge is 2.32. The molecule has 4 N–H and O–H groups in total. The first-order chi connectivity index (χ1) is 19.4. The molecule has 1 atom stereocenters. The van der Waals surface area contributed by atoms with Gasteiger partial charge in [-0.3, -0.25) is 14.6 Å². The van der Waals surface area contributed by atoms with Crippen molar-refractivity contribution < 1.29 is 14.4 Å². The number of unbranched alkanes of at least 4 members (excludes halogenated alkanes) is 1. The topological polar surface area (TPSA) is 124 Å². The number of para-hydroxylation sites is 1. The number of amides is 4. The Morgan fingerprint density at radius 1 is 1.12 bits per heavy atom. The van der Waals surface area contributed by atoms with Crippen LogP contribution in [-0.2, 0) is 22.6 Å². The van der Waals surface area contributed by atoms with Crippen LogP contribution in [0, 0.1) is 0 Å². The fraction of sp³-hybridized carbons (Fsp3) is 0.448. The average molecular weight is 566 g/mol. The number of carbonyl (C=O) groups excluding carboxylic acids is 3. The molecule has 4 amide bonds. The van der Waals surface area contributed by atoms with Crippen LogP contribution in [0.15, 0.2) is 48.5 Å². The lowest BCUT2D eigenvalue weighted by molar-refractivity contribution is -0.136. The van der Waals surface area contributed by atoms with Gasteiger partial charge in [-0.1, -0.05) is 74.1 Å². The second-order valence-electron chi connectivity index (χ2n) is 9.98. The number of anilines is 1. The molecule has 1 fully saturated rings. The van der Waals surface area contributed by atoms with Gasteiger partial charge in [0, 0.05) is 39.1 Å². The van der Waals surface area contributed by atoms with Crippen LogP contribution in [-0.4, -0.2) is 76.5 Å². The SMILES string of the molecule is CCCCNC(=O)N(CCC)N1CCN(Cc2cccc3sc(N)nc23)C(=O)[C@H](Cc2ccccc2)NC(=O)C1. The highest BCUT2D eigenvalue weighted by atomic mass is 32.1. The number of carbonyl (C=O) groups is 3. The summed E-state index contributed by atoms with van der Waals surface area (Å²) >= 11 is 1.41. The Hall–Kier alpha value is -3.70. The summed E-state index contributed by atoms with van der Waals surface area (Å²) in [4.78, 5) is 46.7. The van der Waals surface area contributed by atoms with Crippen molar-refractivity contribution in [2.45, 2.75) is 52.1 Å². The van der Waals surface area contributed by atoms with Crippen molar-refractivity contribution in [1.82, 2.24) is 30.5 Å². The Labute approximate surface area is 239 Å². The van der Waals surface area contributed by atoms with E-state index in [4.69, 9.17) is 5.73 Å². The van der Waals surface area contributed by atoms with Crippen LogP contribution in [0.1, 0.15) is 44.2 Å². The molecule has 3 aromatic rings. The zero-order valence-electron chi connectivity index (χ0n) is 23.3. The van der Waals surface area contributed by atoms with E-state index in [1.807, 2.05) is 55.5 Å². The maximum absolute atomic E-state index is 14.0. The minimum Gasteiger partial charge on any atom is -0.375 e. The number of benzene rings is 2. The van der Waals surface area contributed by atoms with E-state index in [1.54, 1.807) is 14.9 Å². The fourth-order valence-corrected chi connectivity index (χ4v) is 5.65. The maximum Gasteiger partial charge on any atom is 0.331 e. The molecule has 4 rings (SSSR count). The molecule has 2 heterocycles. The number of hydrogen-bond acceptors (Lipinski definition) is 7. The van der Waals surface area contributed by atoms with Gasteiger partial charge < -0.3 is 21.3 Å². The molecule has 1 aliphatic rings. The fourth-order valence-electron chi connectivity index (χ4n) is 4.87. The molecule has 0 unspecified atom stereocenters. The van der Waals surface area contributed by atoms with Crippen molar-refractivity contribution in [2.24, 2.45) is 0 Å². The maximum atomic E-state index is 14.0. The van der Waals surface area contributed by atoms with Gasteiger partial charge in [-0.15, -0.1) is 0 Å². The monoisotopic (exact) mass is 565 g/mol. The molecule has 0 spiro atoms. The van der Waals surface area contributed by atoms with Gasteiger partial charge in [-0.2, -0.15) is 0 Å². The molecule has 0 radical (unpaired) electrons. The van der Waals surface area contributed by atoms with Crippen molar-refractivity contribution in [1.29, 1.82) is 0 Å². The van der Waals surface area contributed by atoms with Gasteiger partial charge >= 0.3 is 6.03 Å². The van der Waals surface area contributed by atoms with Gasteiger partial charge in [0.05, 0.1) is 16.8 Å². The standard InChI is InChI=1S/C29H39N7O3S/c1-3-5-14-31-29(39)36(15-4-2)35-17-16-34(19-22-12-9-13-24-26(22)33-28(30)40-24)27(38)23(32-25(37)20-35)18-21-10-7-6-8-11-21/h6-13,23H,3-5,14-20H2,1-2H3,(H2,30,33)(H,31,39)(H,32,37)/t23-/m0/s1. The number of urea groups is 1. The van der Waals surface area contributed by atoms with E-state index in [0.29, 0.717) is 44.3 Å². The molecule has 10 nitrogen and oxygen atoms in total. The number of thiazole rings is 1. The second-order valence-corrected chi connectivity index (χ2v) is 11.0. The second kappa shape index (κ2) is 14.1. The number of nitrogens with zero attached hydrogens (tertiary/aromatic N) is 4. The Morgan fingerprint density at radius 3 is 2.67 bits per heavy atom. The molecule has 0 saturated carbocycles. The third kappa shape index (κ3) is 7.48. The van der Waals surface area contributed by atoms with Gasteiger partial charge in [0.2, 0.25) is 11.8 Å². The van der Waals surface area contributed by atoms with Gasteiger partial charge in [0.15, 0.2) is 5.13 Å². The van der Waals surface area contributed by atoms with E-state index in [1.165, 1.54) is 11.3 Å². The van der Waals surface area contributed by atoms with Crippen molar-refractivity contribution in [3.05, 3.63) is 59.7 Å². The van der Waals surface area contributed by atoms with Crippen LogP contribution in [0.2, 0.25) is 0 Å². The summed E-state index contributed by atoms with van der Waals surface area (Å²) in [5.74, 6) is -0.471. The summed E-state index contributed by atoms with van der Waals surface area (Å²) < 4.78 is 0.959. The van der Waals surface area contributed by atoms with E-state index in [-0.39, 0.29) is 24.4 Å². The van der Waals surface area contributed by atoms with Gasteiger partial charge in [-0.05, 0) is 30.0 Å². The molecular weight excluding hydrogens is 526 g/mol. The average Bonchev–Trinajstić information content (AvgIpc) is 3.35. The molecular formula is C29H39N7O3S. The summed E-state index contributed by atoms with van der Waals surface area (Å²) in [5.41, 5.74) is 8.61. The molecule has 0 bridgehead atoms. The molecule has 40 heavy (non-hydrogen) atoms. The van der Waals surface area contributed by atoms with Crippen molar-refractivity contribution >= 4 is 44.5 Å². The molecule has 0 aliphatic carbocycles. The summed E-state index contributed by atoms with van der Waals surface area (Å²) in [6.45, 7) is 6.04. The quantitative estimate of drug-likeness (QED) is 0.324. The molecule has 11 heteroatoms. The van der Waals surface area contributed by atoms with Crippen LogP contribution in [0.4, 0.5) is 9.93 Å². The summed E-state index contributed by atoms with van der Waals surface area (Å²) in [7, 11) is 0. The minimum absolute atomic E-state index is 0.0220. The molecule has 214 valence electrons. The molecule has 1 saturated heterocycles. The third-order valence-corrected chi connectivity index (χ3v) is 7.73. The minimum atomic E-state index is -0.743. The van der Waals surface area contributed by atoms with Crippen molar-refractivity contribution in [2.75, 3.05) is 38.5 Å².